The van der Waals surface area contributed by atoms with Gasteiger partial charge in [-0.15, -0.1) is 0 Å². The fraction of sp³-hybridized carbons (Fsp3) is 0.471. The Bertz CT molecular complexity index is 754. The number of hydrogen-bond acceptors (Lipinski definition) is 4. The predicted molar refractivity (Wildman–Crippen MR) is 91.8 cm³/mol. The average Bonchev–Trinajstić information content (AvgIpc) is 2.88. The summed E-state index contributed by atoms with van der Waals surface area (Å²) in [6, 6.07) is 10.5. The number of hydrogen-bond donors (Lipinski definition) is 0. The number of rotatable bonds is 4. The van der Waals surface area contributed by atoms with Crippen molar-refractivity contribution in [3.8, 4) is 11.3 Å². The topological polar surface area (TPSA) is 55.2 Å². The Morgan fingerprint density at radius 1 is 1.22 bits per heavy atom. The lowest BCUT2D eigenvalue weighted by Crippen LogP contribution is -2.38. The van der Waals surface area contributed by atoms with Crippen LogP contribution in [0, 0.1) is 0 Å². The van der Waals surface area contributed by atoms with E-state index in [2.05, 4.69) is 35.4 Å². The fourth-order valence-corrected chi connectivity index (χ4v) is 4.68. The third-order valence-electron chi connectivity index (χ3n) is 4.52. The summed E-state index contributed by atoms with van der Waals surface area (Å²) < 4.78 is 25.0. The molecule has 0 atom stereocenters. The molecule has 2 aromatic rings. The second kappa shape index (κ2) is 6.45. The van der Waals surface area contributed by atoms with Crippen LogP contribution in [-0.4, -0.2) is 47.7 Å². The van der Waals surface area contributed by atoms with E-state index < -0.39 is 9.84 Å². The molecule has 1 aliphatic heterocycles. The quantitative estimate of drug-likeness (QED) is 0.860. The van der Waals surface area contributed by atoms with E-state index in [-0.39, 0.29) is 0 Å². The van der Waals surface area contributed by atoms with Crippen molar-refractivity contribution in [2.75, 3.05) is 18.6 Å². The number of benzene rings is 1. The molecule has 1 fully saturated rings. The Hall–Kier alpha value is -1.66. The lowest BCUT2D eigenvalue weighted by Gasteiger charge is -2.31. The first-order chi connectivity index (χ1) is 10.9. The van der Waals surface area contributed by atoms with Crippen molar-refractivity contribution in [3.05, 3.63) is 42.1 Å². The number of aromatic nitrogens is 2. The Labute approximate surface area is 137 Å². The molecule has 0 bridgehead atoms. The van der Waals surface area contributed by atoms with Gasteiger partial charge < -0.3 is 0 Å². The Morgan fingerprint density at radius 2 is 1.87 bits per heavy atom. The maximum Gasteiger partial charge on any atom is 0.150 e. The molecule has 0 N–H and O–H groups in total. The average molecular weight is 333 g/mol. The highest BCUT2D eigenvalue weighted by molar-refractivity contribution is 7.91. The number of nitrogens with zero attached hydrogens (tertiary/aromatic N) is 3. The Balaban J connectivity index is 1.76. The molecule has 1 aromatic heterocycles. The summed E-state index contributed by atoms with van der Waals surface area (Å²) >= 11 is 0. The van der Waals surface area contributed by atoms with Gasteiger partial charge in [0.1, 0.15) is 9.84 Å². The lowest BCUT2D eigenvalue weighted by atomic mass is 10.1. The van der Waals surface area contributed by atoms with Gasteiger partial charge in [0.15, 0.2) is 0 Å². The van der Waals surface area contributed by atoms with Gasteiger partial charge in [0.25, 0.3) is 0 Å². The van der Waals surface area contributed by atoms with Gasteiger partial charge in [-0.1, -0.05) is 30.3 Å². The van der Waals surface area contributed by atoms with Gasteiger partial charge in [0.05, 0.1) is 17.2 Å². The SMILES string of the molecule is CN(Cc1cn(C)nc1-c1ccccc1)C1CCS(=O)(=O)CC1. The minimum absolute atomic E-state index is 0.306. The molecule has 5 nitrogen and oxygen atoms in total. The number of sulfone groups is 1. The molecule has 0 saturated carbocycles. The van der Waals surface area contributed by atoms with Gasteiger partial charge in [-0.25, -0.2) is 8.42 Å². The van der Waals surface area contributed by atoms with Crippen LogP contribution in [0.5, 0.6) is 0 Å². The van der Waals surface area contributed by atoms with E-state index in [9.17, 15) is 8.42 Å². The largest absolute Gasteiger partial charge is 0.299 e. The zero-order valence-corrected chi connectivity index (χ0v) is 14.5. The first kappa shape index (κ1) is 16.2. The lowest BCUT2D eigenvalue weighted by molar-refractivity contribution is 0.219. The summed E-state index contributed by atoms with van der Waals surface area (Å²) in [5.74, 6) is 0.612. The Kier molecular flexibility index (Phi) is 4.55. The van der Waals surface area contributed by atoms with Gasteiger partial charge in [0, 0.05) is 37.0 Å². The van der Waals surface area contributed by atoms with Crippen molar-refractivity contribution >= 4 is 9.84 Å². The monoisotopic (exact) mass is 333 g/mol. The van der Waals surface area contributed by atoms with Crippen LogP contribution in [0.15, 0.2) is 36.5 Å². The van der Waals surface area contributed by atoms with Gasteiger partial charge in [0.2, 0.25) is 0 Å². The molecule has 1 aliphatic rings. The molecular formula is C17H23N3O2S. The Morgan fingerprint density at radius 3 is 2.52 bits per heavy atom. The fourth-order valence-electron chi connectivity index (χ4n) is 3.21. The first-order valence-corrected chi connectivity index (χ1v) is 9.75. The van der Waals surface area contributed by atoms with Crippen LogP contribution in [0.25, 0.3) is 11.3 Å². The molecule has 6 heteroatoms. The maximum atomic E-state index is 11.6. The molecule has 23 heavy (non-hydrogen) atoms. The van der Waals surface area contributed by atoms with Crippen molar-refractivity contribution in [2.24, 2.45) is 7.05 Å². The molecule has 0 spiro atoms. The van der Waals surface area contributed by atoms with Crippen LogP contribution < -0.4 is 0 Å². The van der Waals surface area contributed by atoms with Crippen LogP contribution in [0.4, 0.5) is 0 Å². The van der Waals surface area contributed by atoms with Crippen LogP contribution in [0.3, 0.4) is 0 Å². The highest BCUT2D eigenvalue weighted by Gasteiger charge is 2.26. The van der Waals surface area contributed by atoms with E-state index in [0.717, 1.165) is 30.6 Å². The molecular weight excluding hydrogens is 310 g/mol. The van der Waals surface area contributed by atoms with Crippen molar-refractivity contribution < 1.29 is 8.42 Å². The number of aryl methyl sites for hydroxylation is 1. The minimum atomic E-state index is -2.81. The summed E-state index contributed by atoms with van der Waals surface area (Å²) in [5, 5.41) is 4.60. The summed E-state index contributed by atoms with van der Waals surface area (Å²) in [5.41, 5.74) is 3.29. The van der Waals surface area contributed by atoms with Crippen LogP contribution >= 0.6 is 0 Å². The van der Waals surface area contributed by atoms with Crippen molar-refractivity contribution in [2.45, 2.75) is 25.4 Å². The zero-order valence-electron chi connectivity index (χ0n) is 13.6. The molecule has 1 aromatic carbocycles. The van der Waals surface area contributed by atoms with Crippen LogP contribution in [-0.2, 0) is 23.4 Å². The smallest absolute Gasteiger partial charge is 0.150 e. The van der Waals surface area contributed by atoms with Crippen LogP contribution in [0.1, 0.15) is 18.4 Å². The van der Waals surface area contributed by atoms with E-state index in [4.69, 9.17) is 0 Å². The van der Waals surface area contributed by atoms with Crippen molar-refractivity contribution in [3.63, 3.8) is 0 Å². The summed E-state index contributed by atoms with van der Waals surface area (Å²) in [4.78, 5) is 2.26. The third kappa shape index (κ3) is 3.82. The molecule has 2 heterocycles. The molecule has 0 radical (unpaired) electrons. The van der Waals surface area contributed by atoms with E-state index >= 15 is 0 Å². The molecule has 124 valence electrons. The molecule has 3 rings (SSSR count). The van der Waals surface area contributed by atoms with E-state index in [1.165, 1.54) is 5.56 Å². The normalized spacial score (nSPS) is 18.4. The van der Waals surface area contributed by atoms with E-state index in [1.807, 2.05) is 29.9 Å². The summed E-state index contributed by atoms with van der Waals surface area (Å²) in [7, 11) is 1.20. The standard InChI is InChI=1S/C17H23N3O2S/c1-19(16-8-10-23(21,22)11-9-16)12-15-13-20(2)18-17(15)14-6-4-3-5-7-14/h3-7,13,16H,8-12H2,1-2H3. The first-order valence-electron chi connectivity index (χ1n) is 7.93. The molecule has 0 unspecified atom stereocenters. The minimum Gasteiger partial charge on any atom is -0.299 e. The van der Waals surface area contributed by atoms with E-state index in [1.54, 1.807) is 0 Å². The highest BCUT2D eigenvalue weighted by atomic mass is 32.2. The van der Waals surface area contributed by atoms with Gasteiger partial charge in [-0.3, -0.25) is 9.58 Å². The summed E-state index contributed by atoms with van der Waals surface area (Å²) in [6.07, 6.45) is 3.50. The van der Waals surface area contributed by atoms with Crippen molar-refractivity contribution in [1.82, 2.24) is 14.7 Å². The van der Waals surface area contributed by atoms with E-state index in [0.29, 0.717) is 17.5 Å². The predicted octanol–water partition coefficient (Wildman–Crippen LogP) is 2.10. The zero-order chi connectivity index (χ0) is 16.4. The van der Waals surface area contributed by atoms with Gasteiger partial charge in [-0.05, 0) is 19.9 Å². The van der Waals surface area contributed by atoms with Crippen LogP contribution in [0.2, 0.25) is 0 Å². The highest BCUT2D eigenvalue weighted by Crippen LogP contribution is 2.25. The molecule has 1 saturated heterocycles. The second-order valence-electron chi connectivity index (χ2n) is 6.34. The van der Waals surface area contributed by atoms with Gasteiger partial charge >= 0.3 is 0 Å². The molecule has 0 aliphatic carbocycles. The third-order valence-corrected chi connectivity index (χ3v) is 6.23. The maximum absolute atomic E-state index is 11.6. The summed E-state index contributed by atoms with van der Waals surface area (Å²) in [6.45, 7) is 0.781. The van der Waals surface area contributed by atoms with Gasteiger partial charge in [-0.2, -0.15) is 5.10 Å². The second-order valence-corrected chi connectivity index (χ2v) is 8.64. The molecule has 0 amide bonds. The van der Waals surface area contributed by atoms with Crippen molar-refractivity contribution in [1.29, 1.82) is 0 Å².